The maximum atomic E-state index is 12.6. The molecule has 0 saturated heterocycles. The number of hydrogen-bond acceptors (Lipinski definition) is 5. The van der Waals surface area contributed by atoms with Crippen molar-refractivity contribution in [3.05, 3.63) is 62.6 Å². The molecule has 1 aliphatic carbocycles. The number of nitro groups is 1. The van der Waals surface area contributed by atoms with Gasteiger partial charge >= 0.3 is 0 Å². The van der Waals surface area contributed by atoms with Crippen LogP contribution in [0, 0.1) is 10.1 Å². The molecule has 3 rings (SSSR count). The van der Waals surface area contributed by atoms with Crippen molar-refractivity contribution in [1.82, 2.24) is 5.32 Å². The van der Waals surface area contributed by atoms with Crippen LogP contribution in [0.1, 0.15) is 23.2 Å². The molecule has 1 aliphatic rings. The number of amides is 1. The Labute approximate surface area is 157 Å². The number of carbonyl (C=O) groups is 1. The SMILES string of the molecule is O=C(NC1CC1)c1cccc(NS(=O)(=O)c2cc([N+](=O)[O-])ccc2Br)c1. The smallest absolute Gasteiger partial charge is 0.270 e. The van der Waals surface area contributed by atoms with Crippen LogP contribution in [0.3, 0.4) is 0 Å². The van der Waals surface area contributed by atoms with Crippen molar-refractivity contribution in [3.8, 4) is 0 Å². The fourth-order valence-electron chi connectivity index (χ4n) is 2.24. The van der Waals surface area contributed by atoms with E-state index in [-0.39, 0.29) is 32.7 Å². The van der Waals surface area contributed by atoms with E-state index in [9.17, 15) is 23.3 Å². The predicted octanol–water partition coefficient (Wildman–Crippen LogP) is 3.05. The van der Waals surface area contributed by atoms with Crippen LogP contribution in [0.4, 0.5) is 11.4 Å². The Morgan fingerprint density at radius 1 is 1.19 bits per heavy atom. The standard InChI is InChI=1S/C16H14BrN3O5S/c17-14-7-6-13(20(22)23)9-15(14)26(24,25)19-12-3-1-2-10(8-12)16(21)18-11-4-5-11/h1-3,6-9,11,19H,4-5H2,(H,18,21). The molecule has 10 heteroatoms. The van der Waals surface area contributed by atoms with Crippen molar-refractivity contribution in [1.29, 1.82) is 0 Å². The lowest BCUT2D eigenvalue weighted by molar-refractivity contribution is -0.385. The maximum Gasteiger partial charge on any atom is 0.270 e. The summed E-state index contributed by atoms with van der Waals surface area (Å²) in [5, 5.41) is 13.7. The van der Waals surface area contributed by atoms with Crippen LogP contribution in [0.5, 0.6) is 0 Å². The van der Waals surface area contributed by atoms with Gasteiger partial charge in [0.05, 0.1) is 4.92 Å². The van der Waals surface area contributed by atoms with Gasteiger partial charge < -0.3 is 5.32 Å². The van der Waals surface area contributed by atoms with Crippen LogP contribution in [-0.4, -0.2) is 25.3 Å². The van der Waals surface area contributed by atoms with E-state index in [1.807, 2.05) is 0 Å². The highest BCUT2D eigenvalue weighted by atomic mass is 79.9. The fraction of sp³-hybridized carbons (Fsp3) is 0.188. The van der Waals surface area contributed by atoms with Crippen LogP contribution < -0.4 is 10.0 Å². The first kappa shape index (κ1) is 18.3. The molecule has 1 fully saturated rings. The molecule has 2 aromatic carbocycles. The topological polar surface area (TPSA) is 118 Å². The molecular formula is C16H14BrN3O5S. The molecule has 0 bridgehead atoms. The summed E-state index contributed by atoms with van der Waals surface area (Å²) in [6.45, 7) is 0. The number of anilines is 1. The van der Waals surface area contributed by atoms with Crippen LogP contribution in [0.2, 0.25) is 0 Å². The zero-order valence-electron chi connectivity index (χ0n) is 13.3. The van der Waals surface area contributed by atoms with E-state index in [1.54, 1.807) is 12.1 Å². The first-order valence-electron chi connectivity index (χ1n) is 7.64. The molecule has 26 heavy (non-hydrogen) atoms. The molecule has 2 aromatic rings. The summed E-state index contributed by atoms with van der Waals surface area (Å²) >= 11 is 3.09. The summed E-state index contributed by atoms with van der Waals surface area (Å²) in [6, 6.07) is 9.70. The Bertz CT molecular complexity index is 989. The third-order valence-corrected chi connectivity index (χ3v) is 6.08. The van der Waals surface area contributed by atoms with Crippen LogP contribution in [-0.2, 0) is 10.0 Å². The molecular weight excluding hydrogens is 426 g/mol. The Kier molecular flexibility index (Phi) is 4.97. The lowest BCUT2D eigenvalue weighted by atomic mass is 10.2. The second-order valence-corrected chi connectivity index (χ2v) is 8.31. The number of carbonyl (C=O) groups excluding carboxylic acids is 1. The molecule has 1 saturated carbocycles. The van der Waals surface area contributed by atoms with E-state index < -0.39 is 14.9 Å². The van der Waals surface area contributed by atoms with Gasteiger partial charge in [-0.25, -0.2) is 8.42 Å². The molecule has 8 nitrogen and oxygen atoms in total. The minimum atomic E-state index is -4.09. The van der Waals surface area contributed by atoms with E-state index in [2.05, 4.69) is 26.0 Å². The Morgan fingerprint density at radius 3 is 2.58 bits per heavy atom. The van der Waals surface area contributed by atoms with Crippen molar-refractivity contribution >= 4 is 43.2 Å². The second-order valence-electron chi connectivity index (χ2n) is 5.81. The van der Waals surface area contributed by atoms with E-state index in [0.29, 0.717) is 5.56 Å². The molecule has 0 spiro atoms. The van der Waals surface area contributed by atoms with Gasteiger partial charge in [0, 0.05) is 33.9 Å². The third-order valence-electron chi connectivity index (χ3n) is 3.70. The van der Waals surface area contributed by atoms with Crippen molar-refractivity contribution in [2.75, 3.05) is 4.72 Å². The minimum absolute atomic E-state index is 0.184. The van der Waals surface area contributed by atoms with Crippen LogP contribution >= 0.6 is 15.9 Å². The molecule has 0 aromatic heterocycles. The zero-order chi connectivity index (χ0) is 18.9. The highest BCUT2D eigenvalue weighted by Gasteiger charge is 2.25. The van der Waals surface area contributed by atoms with E-state index in [1.165, 1.54) is 24.3 Å². The van der Waals surface area contributed by atoms with Gasteiger partial charge in [-0.3, -0.25) is 19.6 Å². The summed E-state index contributed by atoms with van der Waals surface area (Å²) in [4.78, 5) is 22.0. The molecule has 2 N–H and O–H groups in total. The first-order valence-corrected chi connectivity index (χ1v) is 9.91. The van der Waals surface area contributed by atoms with Crippen molar-refractivity contribution in [3.63, 3.8) is 0 Å². The average molecular weight is 440 g/mol. The van der Waals surface area contributed by atoms with E-state index >= 15 is 0 Å². The highest BCUT2D eigenvalue weighted by molar-refractivity contribution is 9.10. The summed E-state index contributed by atoms with van der Waals surface area (Å²) in [7, 11) is -4.09. The number of hydrogen-bond donors (Lipinski definition) is 2. The third kappa shape index (κ3) is 4.20. The average Bonchev–Trinajstić information content (AvgIpc) is 3.38. The van der Waals surface area contributed by atoms with Gasteiger partial charge in [-0.2, -0.15) is 0 Å². The Balaban J connectivity index is 1.87. The number of sulfonamides is 1. The van der Waals surface area contributed by atoms with Gasteiger partial charge in [0.25, 0.3) is 21.6 Å². The predicted molar refractivity (Wildman–Crippen MR) is 98.5 cm³/mol. The molecule has 0 aliphatic heterocycles. The lowest BCUT2D eigenvalue weighted by Crippen LogP contribution is -2.25. The number of nitro benzene ring substituents is 1. The van der Waals surface area contributed by atoms with Gasteiger partial charge in [-0.1, -0.05) is 6.07 Å². The highest BCUT2D eigenvalue weighted by Crippen LogP contribution is 2.28. The largest absolute Gasteiger partial charge is 0.349 e. The van der Waals surface area contributed by atoms with Gasteiger partial charge in [0.1, 0.15) is 4.90 Å². The fourth-order valence-corrected chi connectivity index (χ4v) is 4.28. The molecule has 0 atom stereocenters. The summed E-state index contributed by atoms with van der Waals surface area (Å²) in [5.74, 6) is -0.273. The zero-order valence-corrected chi connectivity index (χ0v) is 15.7. The Morgan fingerprint density at radius 2 is 1.92 bits per heavy atom. The van der Waals surface area contributed by atoms with Gasteiger partial charge in [0.2, 0.25) is 0 Å². The lowest BCUT2D eigenvalue weighted by Gasteiger charge is -2.11. The normalized spacial score (nSPS) is 13.9. The maximum absolute atomic E-state index is 12.6. The molecule has 0 radical (unpaired) electrons. The number of benzene rings is 2. The molecule has 0 unspecified atom stereocenters. The monoisotopic (exact) mass is 439 g/mol. The summed E-state index contributed by atoms with van der Waals surface area (Å²) < 4.78 is 27.7. The quantitative estimate of drug-likeness (QED) is 0.529. The van der Waals surface area contributed by atoms with E-state index in [4.69, 9.17) is 0 Å². The number of rotatable bonds is 6. The van der Waals surface area contributed by atoms with Gasteiger partial charge in [0.15, 0.2) is 0 Å². The molecule has 0 heterocycles. The molecule has 136 valence electrons. The minimum Gasteiger partial charge on any atom is -0.349 e. The number of halogens is 1. The summed E-state index contributed by atoms with van der Waals surface area (Å²) in [5.41, 5.74) is 0.174. The number of nitrogens with zero attached hydrogens (tertiary/aromatic N) is 1. The molecule has 1 amide bonds. The first-order chi connectivity index (χ1) is 12.3. The second kappa shape index (κ2) is 7.04. The number of nitrogens with one attached hydrogen (secondary N) is 2. The Hall–Kier alpha value is -2.46. The van der Waals surface area contributed by atoms with Gasteiger partial charge in [-0.05, 0) is 53.0 Å². The van der Waals surface area contributed by atoms with Crippen molar-refractivity contribution in [2.24, 2.45) is 0 Å². The van der Waals surface area contributed by atoms with E-state index in [0.717, 1.165) is 18.9 Å². The number of non-ortho nitro benzene ring substituents is 1. The van der Waals surface area contributed by atoms with Crippen LogP contribution in [0.25, 0.3) is 0 Å². The summed E-state index contributed by atoms with van der Waals surface area (Å²) in [6.07, 6.45) is 1.89. The van der Waals surface area contributed by atoms with Crippen molar-refractivity contribution in [2.45, 2.75) is 23.8 Å². The van der Waals surface area contributed by atoms with Crippen molar-refractivity contribution < 1.29 is 18.1 Å². The van der Waals surface area contributed by atoms with Gasteiger partial charge in [-0.15, -0.1) is 0 Å². The van der Waals surface area contributed by atoms with Crippen LogP contribution in [0.15, 0.2) is 51.8 Å².